The molecule has 2 aliphatic heterocycles. The van der Waals surface area contributed by atoms with Gasteiger partial charge in [0.05, 0.1) is 35.6 Å². The third kappa shape index (κ3) is 5.87. The molecular formula is C26H27N5O4S. The van der Waals surface area contributed by atoms with E-state index in [-0.39, 0.29) is 12.6 Å². The SMILES string of the molecule is COCCOC(=O)C1=C(C)N=C2SCCCN2C1c1ccc(NC(=O)Nc2ccc(C#N)cc2)cc1. The van der Waals surface area contributed by atoms with Crippen LogP contribution in [0.4, 0.5) is 16.2 Å². The summed E-state index contributed by atoms with van der Waals surface area (Å²) in [5.74, 6) is 0.581. The number of fused-ring (bicyclic) bond motifs is 1. The highest BCUT2D eigenvalue weighted by molar-refractivity contribution is 8.13. The second kappa shape index (κ2) is 11.7. The van der Waals surface area contributed by atoms with E-state index in [4.69, 9.17) is 14.7 Å². The van der Waals surface area contributed by atoms with Gasteiger partial charge in [0, 0.05) is 30.8 Å². The molecule has 186 valence electrons. The molecule has 0 spiro atoms. The number of urea groups is 1. The summed E-state index contributed by atoms with van der Waals surface area (Å²) in [7, 11) is 1.56. The molecule has 1 unspecified atom stereocenters. The van der Waals surface area contributed by atoms with E-state index in [1.165, 1.54) is 0 Å². The van der Waals surface area contributed by atoms with Crippen LogP contribution in [0.1, 0.15) is 30.5 Å². The Morgan fingerprint density at radius 1 is 1.11 bits per heavy atom. The number of nitrogens with zero attached hydrogens (tertiary/aromatic N) is 3. The monoisotopic (exact) mass is 505 g/mol. The molecule has 0 bridgehead atoms. The number of nitrogens with one attached hydrogen (secondary N) is 2. The Morgan fingerprint density at radius 3 is 2.42 bits per heavy atom. The molecule has 1 atom stereocenters. The minimum Gasteiger partial charge on any atom is -0.460 e. The summed E-state index contributed by atoms with van der Waals surface area (Å²) >= 11 is 1.69. The average Bonchev–Trinajstić information content (AvgIpc) is 2.89. The summed E-state index contributed by atoms with van der Waals surface area (Å²) in [6.45, 7) is 3.11. The lowest BCUT2D eigenvalue weighted by Gasteiger charge is -2.40. The maximum Gasteiger partial charge on any atom is 0.338 e. The van der Waals surface area contributed by atoms with Crippen LogP contribution in [0.25, 0.3) is 0 Å². The Labute approximate surface area is 214 Å². The second-order valence-corrected chi connectivity index (χ2v) is 9.27. The predicted octanol–water partition coefficient (Wildman–Crippen LogP) is 4.52. The van der Waals surface area contributed by atoms with Crippen molar-refractivity contribution in [3.63, 3.8) is 0 Å². The maximum atomic E-state index is 13.0. The molecule has 4 rings (SSSR count). The molecule has 2 N–H and O–H groups in total. The van der Waals surface area contributed by atoms with Crippen LogP contribution in [0.2, 0.25) is 0 Å². The van der Waals surface area contributed by atoms with Gasteiger partial charge in [0.1, 0.15) is 6.61 Å². The number of esters is 1. The van der Waals surface area contributed by atoms with E-state index in [0.29, 0.717) is 34.8 Å². The number of amidine groups is 1. The van der Waals surface area contributed by atoms with E-state index < -0.39 is 12.0 Å². The zero-order chi connectivity index (χ0) is 25.5. The van der Waals surface area contributed by atoms with Crippen LogP contribution >= 0.6 is 11.8 Å². The summed E-state index contributed by atoms with van der Waals surface area (Å²) in [6.07, 6.45) is 0.987. The minimum atomic E-state index is -0.406. The largest absolute Gasteiger partial charge is 0.460 e. The van der Waals surface area contributed by atoms with Crippen molar-refractivity contribution in [1.29, 1.82) is 5.26 Å². The number of carbonyl (C=O) groups is 2. The fourth-order valence-corrected chi connectivity index (χ4v) is 5.06. The van der Waals surface area contributed by atoms with E-state index in [2.05, 4.69) is 20.5 Å². The number of hydrogen-bond acceptors (Lipinski definition) is 8. The van der Waals surface area contributed by atoms with Crippen molar-refractivity contribution in [2.24, 2.45) is 4.99 Å². The Balaban J connectivity index is 1.51. The first-order chi connectivity index (χ1) is 17.5. The van der Waals surface area contributed by atoms with E-state index in [1.54, 1.807) is 55.3 Å². The number of rotatable bonds is 7. The normalized spacial score (nSPS) is 17.0. The minimum absolute atomic E-state index is 0.168. The van der Waals surface area contributed by atoms with Gasteiger partial charge in [-0.15, -0.1) is 0 Å². The third-order valence-corrected chi connectivity index (χ3v) is 6.83. The number of aliphatic imine (C=N–C) groups is 1. The van der Waals surface area contributed by atoms with Crippen molar-refractivity contribution in [3.05, 3.63) is 70.9 Å². The Hall–Kier alpha value is -3.81. The number of hydrogen-bond donors (Lipinski definition) is 2. The zero-order valence-electron chi connectivity index (χ0n) is 20.1. The van der Waals surface area contributed by atoms with Gasteiger partial charge in [-0.1, -0.05) is 23.9 Å². The van der Waals surface area contributed by atoms with Gasteiger partial charge in [0.2, 0.25) is 0 Å². The summed E-state index contributed by atoms with van der Waals surface area (Å²) < 4.78 is 10.5. The summed E-state index contributed by atoms with van der Waals surface area (Å²) in [6, 6.07) is 15.3. The maximum absolute atomic E-state index is 13.0. The van der Waals surface area contributed by atoms with Crippen LogP contribution in [0.5, 0.6) is 0 Å². The van der Waals surface area contributed by atoms with Crippen molar-refractivity contribution in [3.8, 4) is 6.07 Å². The Bertz CT molecular complexity index is 1220. The van der Waals surface area contributed by atoms with Gasteiger partial charge < -0.3 is 25.0 Å². The summed E-state index contributed by atoms with van der Waals surface area (Å²) in [5.41, 5.74) is 3.76. The lowest BCUT2D eigenvalue weighted by Crippen LogP contribution is -2.42. The van der Waals surface area contributed by atoms with Gasteiger partial charge >= 0.3 is 12.0 Å². The molecule has 10 heteroatoms. The van der Waals surface area contributed by atoms with Gasteiger partial charge in [-0.2, -0.15) is 5.26 Å². The van der Waals surface area contributed by atoms with Crippen LogP contribution in [-0.2, 0) is 14.3 Å². The van der Waals surface area contributed by atoms with Gasteiger partial charge in [0.15, 0.2) is 5.17 Å². The number of thioether (sulfide) groups is 1. The standard InChI is InChI=1S/C26H27N5O4S/c1-17-22(24(32)35-14-13-34-2)23(31-12-3-15-36-26(31)28-17)19-6-10-21(11-7-19)30-25(33)29-20-8-4-18(16-27)5-9-20/h4-11,23H,3,12-15H2,1-2H3,(H2,29,30,33). The van der Waals surface area contributed by atoms with E-state index in [1.807, 2.05) is 25.1 Å². The molecule has 2 heterocycles. The first-order valence-corrected chi connectivity index (χ1v) is 12.5. The Kier molecular flexibility index (Phi) is 8.25. The number of anilines is 2. The molecule has 2 aliphatic rings. The molecule has 0 saturated carbocycles. The second-order valence-electron chi connectivity index (χ2n) is 8.21. The number of carbonyl (C=O) groups excluding carboxylic acids is 2. The van der Waals surface area contributed by atoms with Crippen LogP contribution in [0.3, 0.4) is 0 Å². The van der Waals surface area contributed by atoms with Crippen molar-refractivity contribution in [2.75, 3.05) is 43.3 Å². The number of allylic oxidation sites excluding steroid dienone is 1. The lowest BCUT2D eigenvalue weighted by molar-refractivity contribution is -0.141. The lowest BCUT2D eigenvalue weighted by atomic mass is 9.94. The van der Waals surface area contributed by atoms with Crippen molar-refractivity contribution in [2.45, 2.75) is 19.4 Å². The topological polar surface area (TPSA) is 116 Å². The highest BCUT2D eigenvalue weighted by atomic mass is 32.2. The molecule has 1 saturated heterocycles. The molecule has 2 aromatic rings. The smallest absolute Gasteiger partial charge is 0.338 e. The highest BCUT2D eigenvalue weighted by Crippen LogP contribution is 2.40. The number of ether oxygens (including phenoxy) is 2. The van der Waals surface area contributed by atoms with Gasteiger partial charge in [0.25, 0.3) is 0 Å². The van der Waals surface area contributed by atoms with E-state index >= 15 is 0 Å². The highest BCUT2D eigenvalue weighted by Gasteiger charge is 2.37. The zero-order valence-corrected chi connectivity index (χ0v) is 20.9. The Morgan fingerprint density at radius 2 is 1.78 bits per heavy atom. The van der Waals surface area contributed by atoms with Crippen LogP contribution in [-0.4, -0.2) is 54.7 Å². The quantitative estimate of drug-likeness (QED) is 0.420. The van der Waals surface area contributed by atoms with Gasteiger partial charge in [-0.3, -0.25) is 0 Å². The molecule has 36 heavy (non-hydrogen) atoms. The first kappa shape index (κ1) is 25.3. The van der Waals surface area contributed by atoms with Gasteiger partial charge in [-0.25, -0.2) is 14.6 Å². The molecule has 9 nitrogen and oxygen atoms in total. The fraction of sp³-hybridized carbons (Fsp3) is 0.308. The van der Waals surface area contributed by atoms with Gasteiger partial charge in [-0.05, 0) is 55.3 Å². The fourth-order valence-electron chi connectivity index (χ4n) is 4.04. The molecule has 1 fully saturated rings. The van der Waals surface area contributed by atoms with E-state index in [0.717, 1.165) is 29.4 Å². The predicted molar refractivity (Wildman–Crippen MR) is 140 cm³/mol. The van der Waals surface area contributed by atoms with Crippen molar-refractivity contribution < 1.29 is 19.1 Å². The molecule has 0 radical (unpaired) electrons. The summed E-state index contributed by atoms with van der Waals surface area (Å²) in [5, 5.41) is 15.4. The molecule has 0 aliphatic carbocycles. The number of amides is 2. The number of nitriles is 1. The van der Waals surface area contributed by atoms with Crippen LogP contribution < -0.4 is 10.6 Å². The first-order valence-electron chi connectivity index (χ1n) is 11.5. The molecule has 0 aromatic heterocycles. The number of benzene rings is 2. The molecular weight excluding hydrogens is 478 g/mol. The van der Waals surface area contributed by atoms with Crippen LogP contribution in [0.15, 0.2) is 64.8 Å². The van der Waals surface area contributed by atoms with Crippen molar-refractivity contribution in [1.82, 2.24) is 4.90 Å². The average molecular weight is 506 g/mol. The number of methoxy groups -OCH3 is 1. The summed E-state index contributed by atoms with van der Waals surface area (Å²) in [4.78, 5) is 32.3. The third-order valence-electron chi connectivity index (χ3n) is 5.76. The molecule has 2 aromatic carbocycles. The van der Waals surface area contributed by atoms with E-state index in [9.17, 15) is 9.59 Å². The van der Waals surface area contributed by atoms with Crippen molar-refractivity contribution >= 4 is 40.3 Å². The molecule has 2 amide bonds. The van der Waals surface area contributed by atoms with Crippen LogP contribution in [0, 0.1) is 11.3 Å².